The van der Waals surface area contributed by atoms with E-state index in [2.05, 4.69) is 33.0 Å². The molecule has 2 nitrogen and oxygen atoms in total. The Hall–Kier alpha value is -0.0800. The molecule has 2 heteroatoms. The molecule has 0 amide bonds. The fourth-order valence-electron chi connectivity index (χ4n) is 0.834. The van der Waals surface area contributed by atoms with Crippen molar-refractivity contribution in [2.45, 2.75) is 40.7 Å². The maximum Gasteiger partial charge on any atom is 0.0136 e. The molecular weight excluding hydrogens is 148 g/mol. The van der Waals surface area contributed by atoms with Crippen molar-refractivity contribution in [1.82, 2.24) is 5.32 Å². The van der Waals surface area contributed by atoms with Crippen LogP contribution in [0, 0.1) is 11.3 Å². The lowest BCUT2D eigenvalue weighted by Gasteiger charge is -2.27. The fourth-order valence-corrected chi connectivity index (χ4v) is 0.834. The summed E-state index contributed by atoms with van der Waals surface area (Å²) in [6, 6.07) is 0.261. The predicted octanol–water partition coefficient (Wildman–Crippen LogP) is 1.61. The van der Waals surface area contributed by atoms with Gasteiger partial charge in [0.1, 0.15) is 0 Å². The van der Waals surface area contributed by atoms with E-state index >= 15 is 0 Å². The Balaban J connectivity index is 3.51. The van der Waals surface area contributed by atoms with E-state index in [9.17, 15) is 0 Å². The Kier molecular flexibility index (Phi) is 4.80. The van der Waals surface area contributed by atoms with E-state index in [-0.39, 0.29) is 6.04 Å². The van der Waals surface area contributed by atoms with E-state index in [1.54, 1.807) is 0 Å². The monoisotopic (exact) mass is 172 g/mol. The standard InChI is InChI=1S/C10H24N2/c1-8(10(3,4)5)6-12-7-9(2)11/h8-9,12H,6-7,11H2,1-5H3. The van der Waals surface area contributed by atoms with Gasteiger partial charge in [0.25, 0.3) is 0 Å². The molecular formula is C10H24N2. The third-order valence-corrected chi connectivity index (χ3v) is 2.40. The van der Waals surface area contributed by atoms with Crippen LogP contribution in [0.3, 0.4) is 0 Å². The van der Waals surface area contributed by atoms with Crippen molar-refractivity contribution in [2.24, 2.45) is 17.1 Å². The van der Waals surface area contributed by atoms with Crippen LogP contribution in [-0.4, -0.2) is 19.1 Å². The molecule has 0 aromatic carbocycles. The van der Waals surface area contributed by atoms with Gasteiger partial charge in [-0.3, -0.25) is 0 Å². The van der Waals surface area contributed by atoms with Crippen molar-refractivity contribution in [1.29, 1.82) is 0 Å². The lowest BCUT2D eigenvalue weighted by Crippen LogP contribution is -2.36. The first-order valence-corrected chi connectivity index (χ1v) is 4.80. The molecule has 0 spiro atoms. The van der Waals surface area contributed by atoms with E-state index in [0.29, 0.717) is 11.3 Å². The highest BCUT2D eigenvalue weighted by atomic mass is 14.9. The predicted molar refractivity (Wildman–Crippen MR) is 55.1 cm³/mol. The highest BCUT2D eigenvalue weighted by Crippen LogP contribution is 2.24. The first kappa shape index (κ1) is 11.9. The molecule has 12 heavy (non-hydrogen) atoms. The molecule has 0 saturated heterocycles. The number of nitrogens with two attached hydrogens (primary N) is 1. The van der Waals surface area contributed by atoms with Gasteiger partial charge in [0.15, 0.2) is 0 Å². The van der Waals surface area contributed by atoms with Crippen LogP contribution in [0.1, 0.15) is 34.6 Å². The summed E-state index contributed by atoms with van der Waals surface area (Å²) >= 11 is 0. The molecule has 0 aromatic heterocycles. The second-order valence-corrected chi connectivity index (χ2v) is 4.90. The molecule has 74 valence electrons. The summed E-state index contributed by atoms with van der Waals surface area (Å²) in [5.74, 6) is 0.691. The van der Waals surface area contributed by atoms with Crippen molar-refractivity contribution in [3.63, 3.8) is 0 Å². The number of hydrogen-bond donors (Lipinski definition) is 2. The molecule has 0 aliphatic rings. The molecule has 0 bridgehead atoms. The van der Waals surface area contributed by atoms with Gasteiger partial charge in [-0.2, -0.15) is 0 Å². The Bertz CT molecular complexity index is 113. The zero-order chi connectivity index (χ0) is 9.78. The highest BCUT2D eigenvalue weighted by molar-refractivity contribution is 4.72. The Labute approximate surface area is 76.9 Å². The maximum atomic E-state index is 5.63. The maximum absolute atomic E-state index is 5.63. The number of nitrogens with one attached hydrogen (secondary N) is 1. The Morgan fingerprint density at radius 2 is 1.67 bits per heavy atom. The van der Waals surface area contributed by atoms with Crippen molar-refractivity contribution in [3.05, 3.63) is 0 Å². The smallest absolute Gasteiger partial charge is 0.0136 e. The molecule has 0 heterocycles. The zero-order valence-electron chi connectivity index (χ0n) is 9.15. The largest absolute Gasteiger partial charge is 0.327 e. The summed E-state index contributed by atoms with van der Waals surface area (Å²) in [6.45, 7) is 13.1. The molecule has 0 aliphatic carbocycles. The van der Waals surface area contributed by atoms with Crippen LogP contribution < -0.4 is 11.1 Å². The molecule has 0 rings (SSSR count). The van der Waals surface area contributed by atoms with Gasteiger partial charge in [-0.05, 0) is 24.8 Å². The van der Waals surface area contributed by atoms with Crippen LogP contribution in [0.25, 0.3) is 0 Å². The van der Waals surface area contributed by atoms with Crippen LogP contribution in [-0.2, 0) is 0 Å². The van der Waals surface area contributed by atoms with Gasteiger partial charge < -0.3 is 11.1 Å². The summed E-state index contributed by atoms with van der Waals surface area (Å²) in [5, 5.41) is 3.37. The second kappa shape index (κ2) is 4.83. The summed E-state index contributed by atoms with van der Waals surface area (Å²) in [5.41, 5.74) is 6.02. The summed E-state index contributed by atoms with van der Waals surface area (Å²) in [7, 11) is 0. The fraction of sp³-hybridized carbons (Fsp3) is 1.00. The number of rotatable bonds is 4. The third kappa shape index (κ3) is 5.56. The van der Waals surface area contributed by atoms with Crippen molar-refractivity contribution < 1.29 is 0 Å². The number of hydrogen-bond acceptors (Lipinski definition) is 2. The average molecular weight is 172 g/mol. The lowest BCUT2D eigenvalue weighted by atomic mass is 9.82. The van der Waals surface area contributed by atoms with Crippen LogP contribution in [0.5, 0.6) is 0 Å². The van der Waals surface area contributed by atoms with Crippen molar-refractivity contribution in [2.75, 3.05) is 13.1 Å². The van der Waals surface area contributed by atoms with Gasteiger partial charge in [-0.15, -0.1) is 0 Å². The van der Waals surface area contributed by atoms with Gasteiger partial charge in [0.2, 0.25) is 0 Å². The molecule has 0 aliphatic heterocycles. The first-order valence-electron chi connectivity index (χ1n) is 4.80. The molecule has 3 N–H and O–H groups in total. The summed E-state index contributed by atoms with van der Waals surface area (Å²) in [4.78, 5) is 0. The van der Waals surface area contributed by atoms with E-state index < -0.39 is 0 Å². The normalized spacial score (nSPS) is 17.5. The first-order chi connectivity index (χ1) is 5.34. The Morgan fingerprint density at radius 3 is 2.00 bits per heavy atom. The SMILES string of the molecule is CC(N)CNCC(C)C(C)(C)C. The average Bonchev–Trinajstić information content (AvgIpc) is 1.84. The van der Waals surface area contributed by atoms with Gasteiger partial charge >= 0.3 is 0 Å². The topological polar surface area (TPSA) is 38.0 Å². The van der Waals surface area contributed by atoms with Crippen LogP contribution >= 0.6 is 0 Å². The minimum Gasteiger partial charge on any atom is -0.327 e. The van der Waals surface area contributed by atoms with Crippen molar-refractivity contribution in [3.8, 4) is 0 Å². The van der Waals surface area contributed by atoms with Gasteiger partial charge in [0, 0.05) is 12.6 Å². The zero-order valence-corrected chi connectivity index (χ0v) is 9.15. The molecule has 0 radical (unpaired) electrons. The minimum atomic E-state index is 0.261. The molecule has 2 atom stereocenters. The molecule has 0 saturated carbocycles. The highest BCUT2D eigenvalue weighted by Gasteiger charge is 2.18. The summed E-state index contributed by atoms with van der Waals surface area (Å²) < 4.78 is 0. The molecule has 2 unspecified atom stereocenters. The van der Waals surface area contributed by atoms with Crippen LogP contribution in [0.4, 0.5) is 0 Å². The van der Waals surface area contributed by atoms with Gasteiger partial charge in [-0.1, -0.05) is 27.7 Å². The lowest BCUT2D eigenvalue weighted by molar-refractivity contribution is 0.252. The van der Waals surface area contributed by atoms with E-state index in [0.717, 1.165) is 13.1 Å². The minimum absolute atomic E-state index is 0.261. The van der Waals surface area contributed by atoms with Gasteiger partial charge in [0.05, 0.1) is 0 Å². The molecule has 0 fully saturated rings. The van der Waals surface area contributed by atoms with E-state index in [1.165, 1.54) is 0 Å². The van der Waals surface area contributed by atoms with Crippen LogP contribution in [0.2, 0.25) is 0 Å². The Morgan fingerprint density at radius 1 is 1.17 bits per heavy atom. The van der Waals surface area contributed by atoms with Crippen LogP contribution in [0.15, 0.2) is 0 Å². The van der Waals surface area contributed by atoms with E-state index in [4.69, 9.17) is 5.73 Å². The second-order valence-electron chi connectivity index (χ2n) is 4.90. The summed E-state index contributed by atoms with van der Waals surface area (Å²) in [6.07, 6.45) is 0. The van der Waals surface area contributed by atoms with Crippen molar-refractivity contribution >= 4 is 0 Å². The quantitative estimate of drug-likeness (QED) is 0.676. The third-order valence-electron chi connectivity index (χ3n) is 2.40. The molecule has 0 aromatic rings. The van der Waals surface area contributed by atoms with E-state index in [1.807, 2.05) is 6.92 Å². The van der Waals surface area contributed by atoms with Gasteiger partial charge in [-0.25, -0.2) is 0 Å².